The van der Waals surface area contributed by atoms with Crippen LogP contribution in [0.25, 0.3) is 0 Å². The van der Waals surface area contributed by atoms with Crippen LogP contribution in [-0.4, -0.2) is 64.1 Å². The highest BCUT2D eigenvalue weighted by Gasteiger charge is 2.65. The Bertz CT molecular complexity index is 745. The first-order valence-electron chi connectivity index (χ1n) is 10.4. The number of carbonyl (C=O) groups is 4. The first kappa shape index (κ1) is 25.1. The van der Waals surface area contributed by atoms with Crippen LogP contribution in [0.4, 0.5) is 9.59 Å². The van der Waals surface area contributed by atoms with Gasteiger partial charge in [0.05, 0.1) is 0 Å². The van der Waals surface area contributed by atoms with Crippen molar-refractivity contribution in [1.82, 2.24) is 10.2 Å². The topological polar surface area (TPSA) is 120 Å². The number of likely N-dealkylation sites (tertiary alicyclic amines) is 1. The number of ketones is 1. The van der Waals surface area contributed by atoms with Crippen molar-refractivity contribution in [3.05, 3.63) is 0 Å². The molecule has 0 unspecified atom stereocenters. The van der Waals surface area contributed by atoms with E-state index in [9.17, 15) is 19.2 Å². The summed E-state index contributed by atoms with van der Waals surface area (Å²) < 4.78 is 21.5. The Hall–Kier alpha value is -2.20. The molecular formula is C21H34N2O8. The quantitative estimate of drug-likeness (QED) is 0.660. The smallest absolute Gasteiger partial charge is 0.417 e. The lowest BCUT2D eigenvalue weighted by atomic mass is 9.86. The van der Waals surface area contributed by atoms with Gasteiger partial charge in [0.25, 0.3) is 5.91 Å². The van der Waals surface area contributed by atoms with E-state index in [2.05, 4.69) is 5.32 Å². The zero-order valence-electron chi connectivity index (χ0n) is 19.7. The number of imide groups is 1. The number of alkyl carbamates (subject to hydrolysis) is 1. The van der Waals surface area contributed by atoms with Crippen molar-refractivity contribution in [3.63, 3.8) is 0 Å². The lowest BCUT2D eigenvalue weighted by Gasteiger charge is -2.38. The summed E-state index contributed by atoms with van der Waals surface area (Å²) in [5.74, 6) is -1.97. The minimum absolute atomic E-state index is 0.295. The maximum absolute atomic E-state index is 13.6. The van der Waals surface area contributed by atoms with Crippen molar-refractivity contribution in [1.29, 1.82) is 0 Å². The molecule has 0 saturated carbocycles. The summed E-state index contributed by atoms with van der Waals surface area (Å²) in [6.07, 6.45) is -3.62. The Kier molecular flexibility index (Phi) is 6.78. The molecule has 0 spiro atoms. The Morgan fingerprint density at radius 2 is 1.58 bits per heavy atom. The van der Waals surface area contributed by atoms with Gasteiger partial charge in [-0.15, -0.1) is 0 Å². The van der Waals surface area contributed by atoms with Crippen molar-refractivity contribution >= 4 is 23.9 Å². The van der Waals surface area contributed by atoms with E-state index in [1.165, 1.54) is 0 Å². The van der Waals surface area contributed by atoms with Crippen LogP contribution in [0.1, 0.15) is 68.7 Å². The van der Waals surface area contributed by atoms with Crippen molar-refractivity contribution in [2.24, 2.45) is 5.92 Å². The van der Waals surface area contributed by atoms with Crippen LogP contribution < -0.4 is 5.32 Å². The molecule has 0 bridgehead atoms. The Labute approximate surface area is 182 Å². The van der Waals surface area contributed by atoms with E-state index in [-0.39, 0.29) is 6.42 Å². The molecule has 2 fully saturated rings. The van der Waals surface area contributed by atoms with Crippen LogP contribution in [0.5, 0.6) is 0 Å². The summed E-state index contributed by atoms with van der Waals surface area (Å²) in [6, 6.07) is -1.13. The van der Waals surface area contributed by atoms with Gasteiger partial charge in [0.1, 0.15) is 17.2 Å². The molecule has 2 rings (SSSR count). The van der Waals surface area contributed by atoms with Crippen LogP contribution in [0.3, 0.4) is 0 Å². The summed E-state index contributed by atoms with van der Waals surface area (Å²) in [7, 11) is 0. The van der Waals surface area contributed by atoms with Gasteiger partial charge in [-0.25, -0.2) is 14.5 Å². The minimum Gasteiger partial charge on any atom is -0.444 e. The fourth-order valence-electron chi connectivity index (χ4n) is 3.53. The zero-order valence-corrected chi connectivity index (χ0v) is 19.7. The molecule has 1 N–H and O–H groups in total. The molecule has 10 heteroatoms. The molecule has 0 radical (unpaired) electrons. The van der Waals surface area contributed by atoms with Gasteiger partial charge in [0.15, 0.2) is 23.9 Å². The monoisotopic (exact) mass is 442 g/mol. The lowest BCUT2D eigenvalue weighted by Crippen LogP contribution is -2.62. The van der Waals surface area contributed by atoms with E-state index >= 15 is 0 Å². The van der Waals surface area contributed by atoms with Crippen molar-refractivity contribution in [2.45, 2.75) is 104 Å². The van der Waals surface area contributed by atoms with Crippen LogP contribution in [0.15, 0.2) is 0 Å². The van der Waals surface area contributed by atoms with Gasteiger partial charge in [-0.05, 0) is 54.4 Å². The molecule has 0 aromatic heterocycles. The van der Waals surface area contributed by atoms with Crippen molar-refractivity contribution in [3.8, 4) is 0 Å². The third kappa shape index (κ3) is 5.54. The average molecular weight is 443 g/mol. The molecule has 0 aliphatic carbocycles. The summed E-state index contributed by atoms with van der Waals surface area (Å²) >= 11 is 0. The summed E-state index contributed by atoms with van der Waals surface area (Å²) in [5, 5.41) is 2.43. The van der Waals surface area contributed by atoms with E-state index in [1.807, 2.05) is 0 Å². The maximum Gasteiger partial charge on any atom is 0.417 e. The number of Topliss-reactive ketones (excluding diaryl/α,β-unsaturated/α-hetero) is 1. The summed E-state index contributed by atoms with van der Waals surface area (Å²) in [5.41, 5.74) is -3.84. The van der Waals surface area contributed by atoms with Crippen molar-refractivity contribution in [2.75, 3.05) is 0 Å². The van der Waals surface area contributed by atoms with E-state index in [1.54, 1.807) is 62.3 Å². The van der Waals surface area contributed by atoms with Crippen LogP contribution in [0, 0.1) is 5.92 Å². The molecular weight excluding hydrogens is 408 g/mol. The molecule has 2 atom stereocenters. The van der Waals surface area contributed by atoms with Gasteiger partial charge in [-0.3, -0.25) is 9.59 Å². The molecule has 2 aliphatic heterocycles. The zero-order chi connectivity index (χ0) is 23.9. The highest BCUT2D eigenvalue weighted by Crippen LogP contribution is 2.37. The normalized spacial score (nSPS) is 29.1. The average Bonchev–Trinajstić information content (AvgIpc) is 2.72. The van der Waals surface area contributed by atoms with Crippen LogP contribution >= 0.6 is 0 Å². The number of hydrogen-bond acceptors (Lipinski definition) is 8. The molecule has 31 heavy (non-hydrogen) atoms. The van der Waals surface area contributed by atoms with Gasteiger partial charge in [0, 0.05) is 6.42 Å². The highest BCUT2D eigenvalue weighted by atomic mass is 16.9. The SMILES string of the molecule is CC1OC(C[C@@]2(NC(=O)OC(C)(C)C)C(=O)[C@@H](C(C)C)N(C(=O)OC(C)(C)C)C2=O)O1. The fourth-order valence-corrected chi connectivity index (χ4v) is 3.53. The second-order valence-corrected chi connectivity index (χ2v) is 10.2. The number of ether oxygens (including phenoxy) is 4. The number of hydrogen-bond donors (Lipinski definition) is 1. The largest absolute Gasteiger partial charge is 0.444 e. The fraction of sp³-hybridized carbons (Fsp3) is 0.810. The number of nitrogens with one attached hydrogen (secondary N) is 1. The molecule has 2 aliphatic rings. The summed E-state index contributed by atoms with van der Waals surface area (Å²) in [4.78, 5) is 53.4. The van der Waals surface area contributed by atoms with E-state index in [4.69, 9.17) is 18.9 Å². The first-order valence-corrected chi connectivity index (χ1v) is 10.4. The first-order chi connectivity index (χ1) is 14.0. The molecule has 3 amide bonds. The van der Waals surface area contributed by atoms with Gasteiger partial charge in [-0.2, -0.15) is 0 Å². The number of nitrogens with zero attached hydrogens (tertiary/aromatic N) is 1. The molecule has 0 aromatic carbocycles. The van der Waals surface area contributed by atoms with Crippen molar-refractivity contribution < 1.29 is 38.1 Å². The van der Waals surface area contributed by atoms with Crippen LogP contribution in [-0.2, 0) is 28.5 Å². The number of rotatable bonds is 4. The maximum atomic E-state index is 13.6. The highest BCUT2D eigenvalue weighted by molar-refractivity contribution is 6.24. The Balaban J connectivity index is 2.46. The number of carbonyl (C=O) groups excluding carboxylic acids is 4. The Morgan fingerprint density at radius 1 is 1.06 bits per heavy atom. The third-order valence-corrected chi connectivity index (χ3v) is 4.65. The van der Waals surface area contributed by atoms with Gasteiger partial charge in [0.2, 0.25) is 0 Å². The Morgan fingerprint density at radius 3 is 2.00 bits per heavy atom. The van der Waals surface area contributed by atoms with Crippen LogP contribution in [0.2, 0.25) is 0 Å². The van der Waals surface area contributed by atoms with Gasteiger partial charge >= 0.3 is 12.2 Å². The molecule has 2 saturated heterocycles. The lowest BCUT2D eigenvalue weighted by molar-refractivity contribution is -0.379. The molecule has 10 nitrogen and oxygen atoms in total. The predicted octanol–water partition coefficient (Wildman–Crippen LogP) is 2.73. The minimum atomic E-state index is -2.08. The standard InChI is InChI=1S/C21H34N2O8/c1-11(2)14-15(24)21(10-13-28-12(3)29-13,22-17(26)30-19(4,5)6)16(25)23(14)18(27)31-20(7,8)9/h11-14H,10H2,1-9H3,(H,22,26)/t12?,13?,14-,21-/m1/s1. The summed E-state index contributed by atoms with van der Waals surface area (Å²) in [6.45, 7) is 15.0. The van der Waals surface area contributed by atoms with E-state index < -0.39 is 65.2 Å². The second-order valence-electron chi connectivity index (χ2n) is 10.2. The molecule has 0 aromatic rings. The van der Waals surface area contributed by atoms with E-state index in [0.29, 0.717) is 0 Å². The third-order valence-electron chi connectivity index (χ3n) is 4.65. The van der Waals surface area contributed by atoms with E-state index in [0.717, 1.165) is 4.90 Å². The second kappa shape index (κ2) is 8.38. The number of amides is 3. The molecule has 176 valence electrons. The van der Waals surface area contributed by atoms with Gasteiger partial charge < -0.3 is 24.3 Å². The molecule has 2 heterocycles. The van der Waals surface area contributed by atoms with Gasteiger partial charge in [-0.1, -0.05) is 13.8 Å². The predicted molar refractivity (Wildman–Crippen MR) is 109 cm³/mol.